The molecule has 1 atom stereocenters. The molecule has 6 heteroatoms. The van der Waals surface area contributed by atoms with Gasteiger partial charge in [0.2, 0.25) is 5.76 Å². The summed E-state index contributed by atoms with van der Waals surface area (Å²) in [6.07, 6.45) is 3.45. The summed E-state index contributed by atoms with van der Waals surface area (Å²) in [4.78, 5) is 24.3. The van der Waals surface area contributed by atoms with Crippen LogP contribution in [0.5, 0.6) is 0 Å². The molecule has 0 amide bonds. The first-order valence-corrected chi connectivity index (χ1v) is 9.23. The lowest BCUT2D eigenvalue weighted by atomic mass is 9.92. The molecule has 140 valence electrons. The van der Waals surface area contributed by atoms with Gasteiger partial charge in [-0.2, -0.15) is 0 Å². The average Bonchev–Trinajstić information content (AvgIpc) is 2.53. The van der Waals surface area contributed by atoms with E-state index in [4.69, 9.17) is 14.2 Å². The zero-order valence-corrected chi connectivity index (χ0v) is 17.0. The summed E-state index contributed by atoms with van der Waals surface area (Å²) in [7, 11) is 0. The van der Waals surface area contributed by atoms with Crippen molar-refractivity contribution >= 4 is 27.9 Å². The zero-order valence-electron chi connectivity index (χ0n) is 15.4. The van der Waals surface area contributed by atoms with Crippen molar-refractivity contribution in [2.45, 2.75) is 45.6 Å². The number of rotatable bonds is 4. The highest BCUT2D eigenvalue weighted by atomic mass is 79.9. The van der Waals surface area contributed by atoms with E-state index < -0.39 is 17.5 Å². The van der Waals surface area contributed by atoms with Crippen molar-refractivity contribution in [3.8, 4) is 0 Å². The second-order valence-electron chi connectivity index (χ2n) is 6.83. The van der Waals surface area contributed by atoms with Crippen LogP contribution in [-0.4, -0.2) is 24.1 Å². The van der Waals surface area contributed by atoms with Crippen LogP contribution in [0.4, 0.5) is 0 Å². The largest absolute Gasteiger partial charge is 0.463 e. The van der Waals surface area contributed by atoms with Gasteiger partial charge >= 0.3 is 11.9 Å². The minimum absolute atomic E-state index is 0.0717. The minimum Gasteiger partial charge on any atom is -0.463 e. The Kier molecular flexibility index (Phi) is 6.64. The molecule has 0 spiro atoms. The van der Waals surface area contributed by atoms with Crippen LogP contribution in [0.25, 0.3) is 0 Å². The fourth-order valence-corrected chi connectivity index (χ4v) is 3.07. The van der Waals surface area contributed by atoms with Crippen molar-refractivity contribution in [1.29, 1.82) is 0 Å². The van der Waals surface area contributed by atoms with Gasteiger partial charge in [-0.25, -0.2) is 9.59 Å². The van der Waals surface area contributed by atoms with Gasteiger partial charge in [0.1, 0.15) is 11.4 Å². The fraction of sp³-hybridized carbons (Fsp3) is 0.400. The van der Waals surface area contributed by atoms with Gasteiger partial charge in [-0.05, 0) is 45.4 Å². The normalized spacial score (nSPS) is 18.7. The molecule has 0 aliphatic carbocycles. The highest BCUT2D eigenvalue weighted by molar-refractivity contribution is 9.10. The summed E-state index contributed by atoms with van der Waals surface area (Å²) < 4.78 is 16.9. The Hall–Kier alpha value is -2.08. The van der Waals surface area contributed by atoms with Crippen LogP contribution >= 0.6 is 15.9 Å². The van der Waals surface area contributed by atoms with Gasteiger partial charge in [0.05, 0.1) is 12.7 Å². The van der Waals surface area contributed by atoms with Crippen molar-refractivity contribution in [3.05, 3.63) is 58.0 Å². The van der Waals surface area contributed by atoms with Gasteiger partial charge in [0, 0.05) is 16.8 Å². The van der Waals surface area contributed by atoms with E-state index in [1.807, 2.05) is 24.3 Å². The predicted molar refractivity (Wildman–Crippen MR) is 101 cm³/mol. The maximum atomic E-state index is 12.5. The molecule has 0 aromatic heterocycles. The molecule has 0 saturated heterocycles. The predicted octanol–water partition coefficient (Wildman–Crippen LogP) is 4.63. The summed E-state index contributed by atoms with van der Waals surface area (Å²) in [6, 6.07) is 7.73. The van der Waals surface area contributed by atoms with Crippen LogP contribution in [0.3, 0.4) is 0 Å². The van der Waals surface area contributed by atoms with E-state index in [-0.39, 0.29) is 18.3 Å². The third-order valence-corrected chi connectivity index (χ3v) is 4.21. The number of carbonyl (C=O) groups is 2. The molecule has 0 radical (unpaired) electrons. The first-order chi connectivity index (χ1) is 12.2. The van der Waals surface area contributed by atoms with E-state index in [2.05, 4.69) is 15.9 Å². The summed E-state index contributed by atoms with van der Waals surface area (Å²) in [6.45, 7) is 7.36. The average molecular weight is 423 g/mol. The van der Waals surface area contributed by atoms with Crippen LogP contribution in [0.2, 0.25) is 0 Å². The Labute approximate surface area is 162 Å². The SMILES string of the molecule is CCOC(=O)/C=C1\C[C@H](c2ccccc2Br)C=C(C(=O)OC(C)(C)C)O1. The lowest BCUT2D eigenvalue weighted by Crippen LogP contribution is -2.27. The van der Waals surface area contributed by atoms with Gasteiger partial charge in [-0.3, -0.25) is 0 Å². The van der Waals surface area contributed by atoms with E-state index in [9.17, 15) is 9.59 Å². The summed E-state index contributed by atoms with van der Waals surface area (Å²) in [5, 5.41) is 0. The topological polar surface area (TPSA) is 61.8 Å². The van der Waals surface area contributed by atoms with Crippen molar-refractivity contribution in [3.63, 3.8) is 0 Å². The molecule has 5 nitrogen and oxygen atoms in total. The van der Waals surface area contributed by atoms with Crippen molar-refractivity contribution in [1.82, 2.24) is 0 Å². The standard InChI is InChI=1S/C20H23BrO5/c1-5-24-18(22)12-14-10-13(15-8-6-7-9-16(15)21)11-17(25-14)19(23)26-20(2,3)4/h6-9,11-13H,5,10H2,1-4H3/b14-12+/t13-/m0/s1. The fourth-order valence-electron chi connectivity index (χ4n) is 2.49. The number of hydrogen-bond donors (Lipinski definition) is 0. The molecule has 0 N–H and O–H groups in total. The molecular weight excluding hydrogens is 400 g/mol. The van der Waals surface area contributed by atoms with Gasteiger partial charge in [0.25, 0.3) is 0 Å². The molecule has 0 fully saturated rings. The number of esters is 2. The molecule has 2 rings (SSSR count). The number of allylic oxidation sites excluding steroid dienone is 2. The Balaban J connectivity index is 2.36. The van der Waals surface area contributed by atoms with Crippen LogP contribution in [0.1, 0.15) is 45.6 Å². The van der Waals surface area contributed by atoms with Crippen LogP contribution in [0, 0.1) is 0 Å². The quantitative estimate of drug-likeness (QED) is 0.522. The zero-order chi connectivity index (χ0) is 19.3. The second kappa shape index (κ2) is 8.54. The lowest BCUT2D eigenvalue weighted by Gasteiger charge is -2.26. The smallest absolute Gasteiger partial charge is 0.374 e. The van der Waals surface area contributed by atoms with Crippen LogP contribution in [0.15, 0.2) is 52.4 Å². The van der Waals surface area contributed by atoms with E-state index in [1.54, 1.807) is 33.8 Å². The molecule has 0 saturated carbocycles. The lowest BCUT2D eigenvalue weighted by molar-refractivity contribution is -0.154. The molecule has 0 unspecified atom stereocenters. The summed E-state index contributed by atoms with van der Waals surface area (Å²) >= 11 is 3.54. The van der Waals surface area contributed by atoms with E-state index in [0.717, 1.165) is 10.0 Å². The molecule has 0 bridgehead atoms. The van der Waals surface area contributed by atoms with E-state index >= 15 is 0 Å². The van der Waals surface area contributed by atoms with Crippen molar-refractivity contribution in [2.75, 3.05) is 6.61 Å². The van der Waals surface area contributed by atoms with Gasteiger partial charge in [-0.15, -0.1) is 0 Å². The molecule has 1 aliphatic rings. The van der Waals surface area contributed by atoms with Crippen LogP contribution < -0.4 is 0 Å². The Bertz CT molecular complexity index is 743. The number of hydrogen-bond acceptors (Lipinski definition) is 5. The summed E-state index contributed by atoms with van der Waals surface area (Å²) in [5.74, 6) is -0.764. The van der Waals surface area contributed by atoms with Crippen LogP contribution in [-0.2, 0) is 23.8 Å². The van der Waals surface area contributed by atoms with E-state index in [1.165, 1.54) is 6.08 Å². The number of carbonyl (C=O) groups excluding carboxylic acids is 2. The molecule has 1 aromatic carbocycles. The van der Waals surface area contributed by atoms with Gasteiger partial charge in [0.15, 0.2) is 0 Å². The highest BCUT2D eigenvalue weighted by Crippen LogP contribution is 2.36. The van der Waals surface area contributed by atoms with E-state index in [0.29, 0.717) is 12.2 Å². The third kappa shape index (κ3) is 5.73. The molecule has 1 aromatic rings. The van der Waals surface area contributed by atoms with Crippen molar-refractivity contribution in [2.24, 2.45) is 0 Å². The monoisotopic (exact) mass is 422 g/mol. The highest BCUT2D eigenvalue weighted by Gasteiger charge is 2.29. The minimum atomic E-state index is -0.646. The molecule has 1 heterocycles. The van der Waals surface area contributed by atoms with Gasteiger partial charge in [-0.1, -0.05) is 34.1 Å². The number of ether oxygens (including phenoxy) is 3. The maximum Gasteiger partial charge on any atom is 0.374 e. The second-order valence-corrected chi connectivity index (χ2v) is 7.68. The summed E-state index contributed by atoms with van der Waals surface area (Å²) in [5.41, 5.74) is 0.346. The molecule has 1 aliphatic heterocycles. The Morgan fingerprint density at radius 2 is 2.00 bits per heavy atom. The number of halogens is 1. The number of benzene rings is 1. The van der Waals surface area contributed by atoms with Gasteiger partial charge < -0.3 is 14.2 Å². The van der Waals surface area contributed by atoms with Crippen molar-refractivity contribution < 1.29 is 23.8 Å². The Morgan fingerprint density at radius 1 is 1.31 bits per heavy atom. The first kappa shape index (κ1) is 20.2. The third-order valence-electron chi connectivity index (χ3n) is 3.48. The Morgan fingerprint density at radius 3 is 2.62 bits per heavy atom. The maximum absolute atomic E-state index is 12.5. The molecular formula is C20H23BrO5. The molecule has 26 heavy (non-hydrogen) atoms. The first-order valence-electron chi connectivity index (χ1n) is 8.44.